The van der Waals surface area contributed by atoms with Crippen molar-refractivity contribution in [2.24, 2.45) is 5.73 Å². The predicted molar refractivity (Wildman–Crippen MR) is 87.4 cm³/mol. The highest BCUT2D eigenvalue weighted by Crippen LogP contribution is 2.21. The van der Waals surface area contributed by atoms with Gasteiger partial charge in [0, 0.05) is 30.9 Å². The van der Waals surface area contributed by atoms with Gasteiger partial charge in [0.05, 0.1) is 7.11 Å². The number of nitrogens with two attached hydrogens (primary N) is 1. The fraction of sp³-hybridized carbons (Fsp3) is 0.188. The minimum absolute atomic E-state index is 0.427. The van der Waals surface area contributed by atoms with E-state index in [1.54, 1.807) is 7.11 Å². The second-order valence-electron chi connectivity index (χ2n) is 4.62. The highest BCUT2D eigenvalue weighted by atomic mass is 32.1. The van der Waals surface area contributed by atoms with Gasteiger partial charge in [0.25, 0.3) is 0 Å². The summed E-state index contributed by atoms with van der Waals surface area (Å²) in [7, 11) is 3.72. The van der Waals surface area contributed by atoms with E-state index >= 15 is 0 Å². The smallest absolute Gasteiger partial charge is 0.120 e. The van der Waals surface area contributed by atoms with Crippen LogP contribution in [-0.2, 0) is 6.54 Å². The third-order valence-corrected chi connectivity index (χ3v) is 3.36. The van der Waals surface area contributed by atoms with E-state index in [-0.39, 0.29) is 0 Å². The standard InChI is InChI=1S/C16H18N2OS/c1-18(14-7-4-8-15(10-14)19-2)11-12-5-3-6-13(9-12)16(17)20/h3-10H,11H2,1-2H3,(H2,17,20). The summed E-state index contributed by atoms with van der Waals surface area (Å²) in [6.07, 6.45) is 0. The van der Waals surface area contributed by atoms with Gasteiger partial charge in [-0.05, 0) is 23.8 Å². The first kappa shape index (κ1) is 14.3. The third-order valence-electron chi connectivity index (χ3n) is 3.13. The van der Waals surface area contributed by atoms with Crippen LogP contribution in [-0.4, -0.2) is 19.1 Å². The van der Waals surface area contributed by atoms with Gasteiger partial charge in [0.15, 0.2) is 0 Å². The van der Waals surface area contributed by atoms with Crippen molar-refractivity contribution < 1.29 is 4.74 Å². The minimum atomic E-state index is 0.427. The van der Waals surface area contributed by atoms with E-state index < -0.39 is 0 Å². The van der Waals surface area contributed by atoms with Crippen molar-refractivity contribution in [1.82, 2.24) is 0 Å². The van der Waals surface area contributed by atoms with E-state index in [4.69, 9.17) is 22.7 Å². The number of rotatable bonds is 5. The summed E-state index contributed by atoms with van der Waals surface area (Å²) in [6.45, 7) is 0.781. The Labute approximate surface area is 125 Å². The number of thiocarbonyl (C=S) groups is 1. The van der Waals surface area contributed by atoms with E-state index in [1.807, 2.05) is 43.4 Å². The van der Waals surface area contributed by atoms with E-state index in [9.17, 15) is 0 Å². The van der Waals surface area contributed by atoms with Crippen molar-refractivity contribution in [3.8, 4) is 5.75 Å². The van der Waals surface area contributed by atoms with Crippen LogP contribution in [0.2, 0.25) is 0 Å². The lowest BCUT2D eigenvalue weighted by Gasteiger charge is -2.20. The maximum atomic E-state index is 5.66. The van der Waals surface area contributed by atoms with Gasteiger partial charge in [-0.1, -0.05) is 36.5 Å². The van der Waals surface area contributed by atoms with Crippen LogP contribution in [0.1, 0.15) is 11.1 Å². The lowest BCUT2D eigenvalue weighted by atomic mass is 10.1. The average molecular weight is 286 g/mol. The lowest BCUT2D eigenvalue weighted by Crippen LogP contribution is -2.17. The number of hydrogen-bond donors (Lipinski definition) is 1. The summed E-state index contributed by atoms with van der Waals surface area (Å²) >= 11 is 5.01. The Kier molecular flexibility index (Phi) is 4.58. The van der Waals surface area contributed by atoms with Crippen molar-refractivity contribution in [3.05, 3.63) is 59.7 Å². The fourth-order valence-electron chi connectivity index (χ4n) is 2.04. The van der Waals surface area contributed by atoms with Gasteiger partial charge in [-0.3, -0.25) is 0 Å². The Bertz CT molecular complexity index is 613. The van der Waals surface area contributed by atoms with Gasteiger partial charge in [-0.15, -0.1) is 0 Å². The molecule has 0 aliphatic heterocycles. The van der Waals surface area contributed by atoms with Crippen molar-refractivity contribution in [2.45, 2.75) is 6.54 Å². The topological polar surface area (TPSA) is 38.5 Å². The minimum Gasteiger partial charge on any atom is -0.497 e. The molecule has 20 heavy (non-hydrogen) atoms. The molecule has 0 bridgehead atoms. The first-order valence-electron chi connectivity index (χ1n) is 6.34. The molecule has 104 valence electrons. The molecule has 2 aromatic rings. The molecule has 0 saturated carbocycles. The van der Waals surface area contributed by atoms with Gasteiger partial charge < -0.3 is 15.4 Å². The Hall–Kier alpha value is -2.07. The number of anilines is 1. The van der Waals surface area contributed by atoms with Crippen LogP contribution in [0, 0.1) is 0 Å². The highest BCUT2D eigenvalue weighted by Gasteiger charge is 2.05. The van der Waals surface area contributed by atoms with Crippen LogP contribution in [0.25, 0.3) is 0 Å². The molecule has 0 radical (unpaired) electrons. The van der Waals surface area contributed by atoms with Gasteiger partial charge in [0.1, 0.15) is 10.7 Å². The van der Waals surface area contributed by atoms with Crippen LogP contribution in [0.5, 0.6) is 5.75 Å². The Morgan fingerprint density at radius 3 is 2.65 bits per heavy atom. The van der Waals surface area contributed by atoms with Crippen molar-refractivity contribution in [1.29, 1.82) is 0 Å². The molecule has 0 spiro atoms. The summed E-state index contributed by atoms with van der Waals surface area (Å²) in [4.78, 5) is 2.58. The average Bonchev–Trinajstić information content (AvgIpc) is 2.47. The zero-order valence-electron chi connectivity index (χ0n) is 11.7. The van der Waals surface area contributed by atoms with Gasteiger partial charge in [0.2, 0.25) is 0 Å². The maximum absolute atomic E-state index is 5.66. The zero-order chi connectivity index (χ0) is 14.5. The van der Waals surface area contributed by atoms with Crippen LogP contribution in [0.4, 0.5) is 5.69 Å². The third kappa shape index (κ3) is 3.48. The quantitative estimate of drug-likeness (QED) is 0.858. The number of nitrogens with zero attached hydrogens (tertiary/aromatic N) is 1. The molecule has 0 amide bonds. The molecule has 0 aliphatic carbocycles. The molecule has 0 heterocycles. The molecular weight excluding hydrogens is 268 g/mol. The molecule has 2 rings (SSSR count). The molecule has 0 unspecified atom stereocenters. The first-order valence-corrected chi connectivity index (χ1v) is 6.75. The summed E-state index contributed by atoms with van der Waals surface area (Å²) in [5, 5.41) is 0. The summed E-state index contributed by atoms with van der Waals surface area (Å²) in [5.74, 6) is 0.853. The molecule has 2 N–H and O–H groups in total. The molecule has 2 aromatic carbocycles. The zero-order valence-corrected chi connectivity index (χ0v) is 12.5. The monoisotopic (exact) mass is 286 g/mol. The Balaban J connectivity index is 2.16. The second-order valence-corrected chi connectivity index (χ2v) is 5.06. The normalized spacial score (nSPS) is 10.1. The number of methoxy groups -OCH3 is 1. The molecule has 0 aromatic heterocycles. The van der Waals surface area contributed by atoms with Gasteiger partial charge in [-0.2, -0.15) is 0 Å². The van der Waals surface area contributed by atoms with Crippen LogP contribution < -0.4 is 15.4 Å². The summed E-state index contributed by atoms with van der Waals surface area (Å²) in [6, 6.07) is 16.0. The SMILES string of the molecule is COc1cccc(N(C)Cc2cccc(C(N)=S)c2)c1. The van der Waals surface area contributed by atoms with Crippen LogP contribution in [0.15, 0.2) is 48.5 Å². The van der Waals surface area contributed by atoms with Crippen molar-refractivity contribution in [3.63, 3.8) is 0 Å². The molecule has 0 fully saturated rings. The van der Waals surface area contributed by atoms with Crippen molar-refractivity contribution in [2.75, 3.05) is 19.1 Å². The second kappa shape index (κ2) is 6.39. The van der Waals surface area contributed by atoms with Crippen molar-refractivity contribution >= 4 is 22.9 Å². The fourth-order valence-corrected chi connectivity index (χ4v) is 2.16. The molecular formula is C16H18N2OS. The number of ether oxygens (including phenoxy) is 1. The molecule has 0 saturated heterocycles. The highest BCUT2D eigenvalue weighted by molar-refractivity contribution is 7.80. The number of benzene rings is 2. The molecule has 0 atom stereocenters. The maximum Gasteiger partial charge on any atom is 0.120 e. The molecule has 0 aliphatic rings. The lowest BCUT2D eigenvalue weighted by molar-refractivity contribution is 0.415. The van der Waals surface area contributed by atoms with E-state index in [0.29, 0.717) is 4.99 Å². The Morgan fingerprint density at radius 1 is 1.20 bits per heavy atom. The van der Waals surface area contributed by atoms with E-state index in [1.165, 1.54) is 5.56 Å². The van der Waals surface area contributed by atoms with Gasteiger partial charge >= 0.3 is 0 Å². The van der Waals surface area contributed by atoms with E-state index in [2.05, 4.69) is 17.0 Å². The molecule has 4 heteroatoms. The number of hydrogen-bond acceptors (Lipinski definition) is 3. The predicted octanol–water partition coefficient (Wildman–Crippen LogP) is 2.97. The largest absolute Gasteiger partial charge is 0.497 e. The first-order chi connectivity index (χ1) is 9.60. The summed E-state index contributed by atoms with van der Waals surface area (Å²) in [5.41, 5.74) is 8.83. The Morgan fingerprint density at radius 2 is 1.95 bits per heavy atom. The van der Waals surface area contributed by atoms with Crippen LogP contribution in [0.3, 0.4) is 0 Å². The summed E-state index contributed by atoms with van der Waals surface area (Å²) < 4.78 is 5.25. The van der Waals surface area contributed by atoms with Crippen LogP contribution >= 0.6 is 12.2 Å². The molecule has 3 nitrogen and oxygen atoms in total. The van der Waals surface area contributed by atoms with Gasteiger partial charge in [-0.25, -0.2) is 0 Å². The van der Waals surface area contributed by atoms with E-state index in [0.717, 1.165) is 23.5 Å².